The fourth-order valence-electron chi connectivity index (χ4n) is 3.64. The van der Waals surface area contributed by atoms with Crippen LogP contribution in [0.5, 0.6) is 0 Å². The number of ketones is 1. The fraction of sp³-hybridized carbons (Fsp3) is 0.722. The Morgan fingerprint density at radius 1 is 1.29 bits per heavy atom. The zero-order chi connectivity index (χ0) is 15.6. The third-order valence-corrected chi connectivity index (χ3v) is 5.13. The van der Waals surface area contributed by atoms with Gasteiger partial charge in [0, 0.05) is 23.5 Å². The number of nitrogens with zero attached hydrogens (tertiary/aromatic N) is 2. The first-order chi connectivity index (χ1) is 9.93. The van der Waals surface area contributed by atoms with Gasteiger partial charge in [0.2, 0.25) is 0 Å². The zero-order valence-electron chi connectivity index (χ0n) is 14.3. The normalized spacial score (nSPS) is 17.6. The number of hydrogen-bond donors (Lipinski definition) is 0. The third kappa shape index (κ3) is 3.57. The molecule has 118 valence electrons. The summed E-state index contributed by atoms with van der Waals surface area (Å²) in [7, 11) is 0. The molecule has 2 rings (SSSR count). The molecule has 1 aromatic rings. The highest BCUT2D eigenvalue weighted by Gasteiger charge is 2.24. The van der Waals surface area contributed by atoms with E-state index in [1.807, 2.05) is 0 Å². The minimum absolute atomic E-state index is 0.283. The highest BCUT2D eigenvalue weighted by molar-refractivity contribution is 5.99. The summed E-state index contributed by atoms with van der Waals surface area (Å²) in [6.45, 7) is 14.6. The summed E-state index contributed by atoms with van der Waals surface area (Å²) < 4.78 is 2.22. The Kier molecular flexibility index (Phi) is 5.26. The van der Waals surface area contributed by atoms with Crippen LogP contribution in [0.2, 0.25) is 0 Å². The Morgan fingerprint density at radius 3 is 2.38 bits per heavy atom. The Morgan fingerprint density at radius 2 is 1.90 bits per heavy atom. The average Bonchev–Trinajstić information content (AvgIpc) is 2.74. The molecular weight excluding hydrogens is 260 g/mol. The zero-order valence-corrected chi connectivity index (χ0v) is 14.3. The van der Waals surface area contributed by atoms with E-state index in [0.29, 0.717) is 6.54 Å². The van der Waals surface area contributed by atoms with Crippen molar-refractivity contribution < 1.29 is 4.79 Å². The maximum atomic E-state index is 12.6. The smallest absolute Gasteiger partial charge is 0.178 e. The van der Waals surface area contributed by atoms with Crippen molar-refractivity contribution in [2.75, 3.05) is 19.6 Å². The molecule has 1 aliphatic rings. The van der Waals surface area contributed by atoms with Crippen LogP contribution in [0.4, 0.5) is 0 Å². The van der Waals surface area contributed by atoms with Crippen molar-refractivity contribution in [3.8, 4) is 0 Å². The second-order valence-electron chi connectivity index (χ2n) is 6.81. The lowest BCUT2D eigenvalue weighted by atomic mass is 9.86. The molecule has 0 aliphatic carbocycles. The van der Waals surface area contributed by atoms with E-state index >= 15 is 0 Å². The first-order valence-corrected chi connectivity index (χ1v) is 8.36. The van der Waals surface area contributed by atoms with Gasteiger partial charge in [0.05, 0.1) is 6.54 Å². The molecule has 0 saturated carbocycles. The van der Waals surface area contributed by atoms with Crippen LogP contribution < -0.4 is 0 Å². The summed E-state index contributed by atoms with van der Waals surface area (Å²) >= 11 is 0. The summed E-state index contributed by atoms with van der Waals surface area (Å²) in [5.41, 5.74) is 3.23. The summed E-state index contributed by atoms with van der Waals surface area (Å²) in [6, 6.07) is 2.06. The van der Waals surface area contributed by atoms with Gasteiger partial charge in [-0.25, -0.2) is 0 Å². The lowest BCUT2D eigenvalue weighted by molar-refractivity contribution is 0.0879. The molecule has 0 spiro atoms. The van der Waals surface area contributed by atoms with Crippen molar-refractivity contribution in [2.24, 2.45) is 11.8 Å². The van der Waals surface area contributed by atoms with Gasteiger partial charge < -0.3 is 4.57 Å². The molecule has 0 atom stereocenters. The number of Topliss-reactive ketones (excluding diaryl/α,β-unsaturated/α-hetero) is 1. The lowest BCUT2D eigenvalue weighted by Crippen LogP contribution is -2.38. The van der Waals surface area contributed by atoms with Crippen molar-refractivity contribution in [2.45, 2.75) is 54.0 Å². The number of likely N-dealkylation sites (tertiary alicyclic amines) is 1. The van der Waals surface area contributed by atoms with Gasteiger partial charge in [-0.15, -0.1) is 0 Å². The van der Waals surface area contributed by atoms with Crippen molar-refractivity contribution in [3.63, 3.8) is 0 Å². The molecule has 1 aromatic heterocycles. The lowest BCUT2D eigenvalue weighted by Gasteiger charge is -2.33. The van der Waals surface area contributed by atoms with Gasteiger partial charge >= 0.3 is 0 Å². The molecule has 0 amide bonds. The summed E-state index contributed by atoms with van der Waals surface area (Å²) in [5.74, 6) is 1.89. The van der Waals surface area contributed by atoms with E-state index in [0.717, 1.165) is 42.7 Å². The van der Waals surface area contributed by atoms with Gasteiger partial charge in [-0.1, -0.05) is 13.8 Å². The Hall–Kier alpha value is -1.09. The molecule has 0 aromatic carbocycles. The minimum Gasteiger partial charge on any atom is -0.349 e. The molecule has 21 heavy (non-hydrogen) atoms. The molecule has 0 radical (unpaired) electrons. The number of piperidine rings is 1. The van der Waals surface area contributed by atoms with Crippen LogP contribution in [0, 0.1) is 25.7 Å². The topological polar surface area (TPSA) is 25.2 Å². The average molecular weight is 290 g/mol. The predicted octanol–water partition coefficient (Wildman–Crippen LogP) is 3.68. The standard InChI is InChI=1S/C18H30N2O/c1-6-20-14(4)11-17(15(20)5)18(21)12-19-9-7-16(8-10-19)13(2)3/h11,13,16H,6-10,12H2,1-5H3. The molecule has 1 saturated heterocycles. The molecule has 3 nitrogen and oxygen atoms in total. The van der Waals surface area contributed by atoms with E-state index in [4.69, 9.17) is 0 Å². The van der Waals surface area contributed by atoms with Gasteiger partial charge in [0.15, 0.2) is 5.78 Å². The van der Waals surface area contributed by atoms with Crippen molar-refractivity contribution in [3.05, 3.63) is 23.0 Å². The molecule has 0 bridgehead atoms. The molecular formula is C18H30N2O. The van der Waals surface area contributed by atoms with Gasteiger partial charge in [0.25, 0.3) is 0 Å². The van der Waals surface area contributed by atoms with Crippen molar-refractivity contribution >= 4 is 5.78 Å². The number of carbonyl (C=O) groups excluding carboxylic acids is 1. The first kappa shape index (κ1) is 16.3. The van der Waals surface area contributed by atoms with Gasteiger partial charge in [-0.05, 0) is 64.6 Å². The fourth-order valence-corrected chi connectivity index (χ4v) is 3.64. The third-order valence-electron chi connectivity index (χ3n) is 5.13. The van der Waals surface area contributed by atoms with E-state index in [1.54, 1.807) is 0 Å². The van der Waals surface area contributed by atoms with E-state index < -0.39 is 0 Å². The highest BCUT2D eigenvalue weighted by atomic mass is 16.1. The van der Waals surface area contributed by atoms with Crippen LogP contribution in [0.1, 0.15) is 55.4 Å². The van der Waals surface area contributed by atoms with E-state index in [-0.39, 0.29) is 5.78 Å². The van der Waals surface area contributed by atoms with Crippen LogP contribution in [-0.4, -0.2) is 34.9 Å². The van der Waals surface area contributed by atoms with Gasteiger partial charge in [-0.3, -0.25) is 9.69 Å². The van der Waals surface area contributed by atoms with Crippen LogP contribution in [0.3, 0.4) is 0 Å². The second kappa shape index (κ2) is 6.78. The molecule has 0 N–H and O–H groups in total. The maximum Gasteiger partial charge on any atom is 0.178 e. The minimum atomic E-state index is 0.283. The van der Waals surface area contributed by atoms with Crippen molar-refractivity contribution in [1.29, 1.82) is 0 Å². The van der Waals surface area contributed by atoms with E-state index in [2.05, 4.69) is 50.2 Å². The van der Waals surface area contributed by atoms with E-state index in [9.17, 15) is 4.79 Å². The monoisotopic (exact) mass is 290 g/mol. The summed E-state index contributed by atoms with van der Waals surface area (Å²) in [5, 5.41) is 0. The number of aromatic nitrogens is 1. The first-order valence-electron chi connectivity index (χ1n) is 8.36. The quantitative estimate of drug-likeness (QED) is 0.773. The number of rotatable bonds is 5. The summed E-state index contributed by atoms with van der Waals surface area (Å²) in [6.07, 6.45) is 2.47. The van der Waals surface area contributed by atoms with Crippen LogP contribution in [0.25, 0.3) is 0 Å². The van der Waals surface area contributed by atoms with Gasteiger partial charge in [-0.2, -0.15) is 0 Å². The molecule has 3 heteroatoms. The SMILES string of the molecule is CCn1c(C)cc(C(=O)CN2CCC(C(C)C)CC2)c1C. The number of carbonyl (C=O) groups is 1. The molecule has 1 fully saturated rings. The Labute approximate surface area is 129 Å². The number of aryl methyl sites for hydroxylation is 1. The molecule has 1 aliphatic heterocycles. The van der Waals surface area contributed by atoms with Crippen LogP contribution >= 0.6 is 0 Å². The van der Waals surface area contributed by atoms with Crippen molar-refractivity contribution in [1.82, 2.24) is 9.47 Å². The maximum absolute atomic E-state index is 12.6. The highest BCUT2D eigenvalue weighted by Crippen LogP contribution is 2.25. The van der Waals surface area contributed by atoms with Crippen LogP contribution in [-0.2, 0) is 6.54 Å². The largest absolute Gasteiger partial charge is 0.349 e. The number of hydrogen-bond acceptors (Lipinski definition) is 2. The molecule has 2 heterocycles. The van der Waals surface area contributed by atoms with Gasteiger partial charge in [0.1, 0.15) is 0 Å². The predicted molar refractivity (Wildman–Crippen MR) is 87.9 cm³/mol. The summed E-state index contributed by atoms with van der Waals surface area (Å²) in [4.78, 5) is 14.9. The molecule has 0 unspecified atom stereocenters. The second-order valence-corrected chi connectivity index (χ2v) is 6.81. The Bertz CT molecular complexity index is 494. The van der Waals surface area contributed by atoms with E-state index in [1.165, 1.54) is 18.5 Å². The Balaban J connectivity index is 1.97. The van der Waals surface area contributed by atoms with Crippen LogP contribution in [0.15, 0.2) is 6.07 Å².